The Morgan fingerprint density at radius 2 is 1.80 bits per heavy atom. The first-order chi connectivity index (χ1) is 9.51. The zero-order chi connectivity index (χ0) is 14.6. The molecule has 0 spiro atoms. The van der Waals surface area contributed by atoms with Gasteiger partial charge < -0.3 is 9.84 Å². The van der Waals surface area contributed by atoms with Crippen molar-refractivity contribution in [1.29, 1.82) is 0 Å². The summed E-state index contributed by atoms with van der Waals surface area (Å²) in [6.45, 7) is 1.76. The molecule has 2 rings (SSSR count). The van der Waals surface area contributed by atoms with Crippen LogP contribution >= 0.6 is 0 Å². The van der Waals surface area contributed by atoms with E-state index in [4.69, 9.17) is 9.84 Å². The second-order valence-electron chi connectivity index (χ2n) is 5.26. The normalized spacial score (nSPS) is 27.1. The SMILES string of the molecule is O=C(O)CC1COCCN1S(=O)(=O)N1CCCCCC1. The second kappa shape index (κ2) is 6.84. The second-order valence-corrected chi connectivity index (χ2v) is 7.14. The van der Waals surface area contributed by atoms with Gasteiger partial charge in [0.25, 0.3) is 10.2 Å². The van der Waals surface area contributed by atoms with Gasteiger partial charge in [-0.05, 0) is 12.8 Å². The molecule has 1 atom stereocenters. The molecule has 0 bridgehead atoms. The molecule has 0 aromatic heterocycles. The molecule has 2 aliphatic heterocycles. The van der Waals surface area contributed by atoms with Crippen molar-refractivity contribution in [3.8, 4) is 0 Å². The molecule has 0 radical (unpaired) electrons. The predicted octanol–water partition coefficient (Wildman–Crippen LogP) is 0.283. The van der Waals surface area contributed by atoms with Crippen LogP contribution in [0.3, 0.4) is 0 Å². The van der Waals surface area contributed by atoms with E-state index in [1.807, 2.05) is 0 Å². The first-order valence-corrected chi connectivity index (χ1v) is 8.48. The van der Waals surface area contributed by atoms with Gasteiger partial charge in [0.2, 0.25) is 0 Å². The molecule has 0 amide bonds. The number of morpholine rings is 1. The summed E-state index contributed by atoms with van der Waals surface area (Å²) < 4.78 is 33.4. The van der Waals surface area contributed by atoms with E-state index in [0.717, 1.165) is 25.7 Å². The van der Waals surface area contributed by atoms with Crippen LogP contribution in [0.5, 0.6) is 0 Å². The van der Waals surface area contributed by atoms with E-state index in [1.165, 1.54) is 8.61 Å². The van der Waals surface area contributed by atoms with Crippen LogP contribution in [-0.2, 0) is 19.7 Å². The third-order valence-electron chi connectivity index (χ3n) is 3.77. The first-order valence-electron chi connectivity index (χ1n) is 7.08. The summed E-state index contributed by atoms with van der Waals surface area (Å²) in [5, 5.41) is 8.91. The maximum atomic E-state index is 12.7. The van der Waals surface area contributed by atoms with Crippen LogP contribution in [0.15, 0.2) is 0 Å². The van der Waals surface area contributed by atoms with Gasteiger partial charge in [-0.15, -0.1) is 0 Å². The van der Waals surface area contributed by atoms with Gasteiger partial charge in [-0.3, -0.25) is 4.79 Å². The number of carboxylic acid groups (broad SMARTS) is 1. The largest absolute Gasteiger partial charge is 0.481 e. The van der Waals surface area contributed by atoms with E-state index < -0.39 is 22.2 Å². The molecule has 1 unspecified atom stereocenters. The summed E-state index contributed by atoms with van der Waals surface area (Å²) in [7, 11) is -3.58. The van der Waals surface area contributed by atoms with Gasteiger partial charge >= 0.3 is 5.97 Å². The van der Waals surface area contributed by atoms with E-state index >= 15 is 0 Å². The van der Waals surface area contributed by atoms with Crippen LogP contribution in [0.2, 0.25) is 0 Å². The lowest BCUT2D eigenvalue weighted by Crippen LogP contribution is -2.54. The summed E-state index contributed by atoms with van der Waals surface area (Å²) in [6.07, 6.45) is 3.62. The van der Waals surface area contributed by atoms with Crippen LogP contribution in [0.25, 0.3) is 0 Å². The van der Waals surface area contributed by atoms with Crippen molar-refractivity contribution in [2.75, 3.05) is 32.8 Å². The number of rotatable bonds is 4. The van der Waals surface area contributed by atoms with Crippen LogP contribution in [0.4, 0.5) is 0 Å². The summed E-state index contributed by atoms with van der Waals surface area (Å²) in [6, 6.07) is -0.602. The lowest BCUT2D eigenvalue weighted by molar-refractivity contribution is -0.139. The smallest absolute Gasteiger partial charge is 0.305 e. The average Bonchev–Trinajstić information content (AvgIpc) is 2.67. The standard InChI is InChI=1S/C12H22N2O5S/c15-12(16)9-11-10-19-8-7-14(11)20(17,18)13-5-3-1-2-4-6-13/h11H,1-10H2,(H,15,16). The fourth-order valence-electron chi connectivity index (χ4n) is 2.73. The number of carboxylic acids is 1. The third-order valence-corrected chi connectivity index (χ3v) is 5.86. The van der Waals surface area contributed by atoms with Gasteiger partial charge in [-0.1, -0.05) is 12.8 Å². The third kappa shape index (κ3) is 3.69. The minimum Gasteiger partial charge on any atom is -0.481 e. The maximum Gasteiger partial charge on any atom is 0.305 e. The number of hydrogen-bond acceptors (Lipinski definition) is 4. The van der Waals surface area contributed by atoms with Gasteiger partial charge in [0.05, 0.1) is 25.7 Å². The van der Waals surface area contributed by atoms with Crippen LogP contribution in [0, 0.1) is 0 Å². The number of ether oxygens (including phenoxy) is 1. The molecule has 8 heteroatoms. The van der Waals surface area contributed by atoms with Gasteiger partial charge in [-0.2, -0.15) is 17.0 Å². The van der Waals surface area contributed by atoms with E-state index in [-0.39, 0.29) is 19.6 Å². The van der Waals surface area contributed by atoms with E-state index in [9.17, 15) is 13.2 Å². The highest BCUT2D eigenvalue weighted by Crippen LogP contribution is 2.21. The lowest BCUT2D eigenvalue weighted by Gasteiger charge is -2.37. The molecular formula is C12H22N2O5S. The van der Waals surface area contributed by atoms with Crippen molar-refractivity contribution in [1.82, 2.24) is 8.61 Å². The minimum atomic E-state index is -3.58. The Morgan fingerprint density at radius 1 is 1.15 bits per heavy atom. The average molecular weight is 306 g/mol. The summed E-state index contributed by atoms with van der Waals surface area (Å²) in [5.74, 6) is -1.00. The Hall–Kier alpha value is -0.700. The quantitative estimate of drug-likeness (QED) is 0.806. The molecule has 2 saturated heterocycles. The highest BCUT2D eigenvalue weighted by atomic mass is 32.2. The number of nitrogens with zero attached hydrogens (tertiary/aromatic N) is 2. The maximum absolute atomic E-state index is 12.7. The first kappa shape index (κ1) is 15.7. The zero-order valence-electron chi connectivity index (χ0n) is 11.5. The van der Waals surface area contributed by atoms with E-state index in [1.54, 1.807) is 0 Å². The highest BCUT2D eigenvalue weighted by Gasteiger charge is 2.37. The Balaban J connectivity index is 2.13. The fraction of sp³-hybridized carbons (Fsp3) is 0.917. The Bertz CT molecular complexity index is 431. The summed E-state index contributed by atoms with van der Waals surface area (Å²) in [4.78, 5) is 10.9. The lowest BCUT2D eigenvalue weighted by atomic mass is 10.2. The van der Waals surface area contributed by atoms with Crippen molar-refractivity contribution < 1.29 is 23.1 Å². The Morgan fingerprint density at radius 3 is 2.40 bits per heavy atom. The van der Waals surface area contributed by atoms with Crippen molar-refractivity contribution in [2.45, 2.75) is 38.1 Å². The predicted molar refractivity (Wildman–Crippen MR) is 72.5 cm³/mol. The molecular weight excluding hydrogens is 284 g/mol. The minimum absolute atomic E-state index is 0.152. The molecule has 2 heterocycles. The number of hydrogen-bond donors (Lipinski definition) is 1. The summed E-state index contributed by atoms with van der Waals surface area (Å²) >= 11 is 0. The number of carbonyl (C=O) groups is 1. The van der Waals surface area contributed by atoms with Gasteiger partial charge in [0.1, 0.15) is 0 Å². The van der Waals surface area contributed by atoms with Crippen molar-refractivity contribution >= 4 is 16.2 Å². The molecule has 0 aromatic carbocycles. The Kier molecular flexibility index (Phi) is 5.36. The van der Waals surface area contributed by atoms with Crippen LogP contribution in [0.1, 0.15) is 32.1 Å². The zero-order valence-corrected chi connectivity index (χ0v) is 12.3. The molecule has 7 nitrogen and oxygen atoms in total. The van der Waals surface area contributed by atoms with Crippen LogP contribution in [-0.4, -0.2) is 67.0 Å². The highest BCUT2D eigenvalue weighted by molar-refractivity contribution is 7.86. The van der Waals surface area contributed by atoms with Gasteiger partial charge in [-0.25, -0.2) is 0 Å². The topological polar surface area (TPSA) is 87.1 Å². The van der Waals surface area contributed by atoms with E-state index in [0.29, 0.717) is 19.7 Å². The fourth-order valence-corrected chi connectivity index (χ4v) is 4.56. The molecule has 0 aliphatic carbocycles. The van der Waals surface area contributed by atoms with Gasteiger partial charge in [0.15, 0.2) is 0 Å². The van der Waals surface area contributed by atoms with Crippen LogP contribution < -0.4 is 0 Å². The van der Waals surface area contributed by atoms with Crippen molar-refractivity contribution in [3.63, 3.8) is 0 Å². The van der Waals surface area contributed by atoms with Crippen molar-refractivity contribution in [3.05, 3.63) is 0 Å². The molecule has 2 fully saturated rings. The number of aliphatic carboxylic acids is 1. The van der Waals surface area contributed by atoms with E-state index in [2.05, 4.69) is 0 Å². The molecule has 0 aromatic rings. The Labute approximate surface area is 119 Å². The monoisotopic (exact) mass is 306 g/mol. The molecule has 116 valence electrons. The van der Waals surface area contributed by atoms with Gasteiger partial charge in [0, 0.05) is 19.6 Å². The summed E-state index contributed by atoms with van der Waals surface area (Å²) in [5.41, 5.74) is 0. The molecule has 1 N–H and O–H groups in total. The molecule has 0 saturated carbocycles. The molecule has 20 heavy (non-hydrogen) atoms. The molecule has 2 aliphatic rings. The van der Waals surface area contributed by atoms with Crippen molar-refractivity contribution in [2.24, 2.45) is 0 Å².